The van der Waals surface area contributed by atoms with E-state index in [2.05, 4.69) is 23.6 Å². The Hall–Kier alpha value is -1.06. The van der Waals surface area contributed by atoms with Crippen LogP contribution >= 0.6 is 11.6 Å². The molecule has 0 radical (unpaired) electrons. The zero-order valence-electron chi connectivity index (χ0n) is 12.1. The van der Waals surface area contributed by atoms with Crippen LogP contribution in [-0.4, -0.2) is 46.9 Å². The van der Waals surface area contributed by atoms with E-state index in [4.69, 9.17) is 11.6 Å². The number of hydrogen-bond donors (Lipinski definition) is 0. The predicted octanol–water partition coefficient (Wildman–Crippen LogP) is 3.04. The van der Waals surface area contributed by atoms with Crippen molar-refractivity contribution in [2.24, 2.45) is 0 Å². The van der Waals surface area contributed by atoms with Crippen LogP contribution in [-0.2, 0) is 0 Å². The molecule has 2 aliphatic rings. The van der Waals surface area contributed by atoms with Crippen molar-refractivity contribution in [2.75, 3.05) is 13.1 Å². The SMILES string of the molecule is CC(C)N1CC2CCC(C1)N2C(=O)c1ccc(Cl)cc1. The van der Waals surface area contributed by atoms with Gasteiger partial charge in [0.2, 0.25) is 0 Å². The van der Waals surface area contributed by atoms with E-state index >= 15 is 0 Å². The average molecular weight is 293 g/mol. The van der Waals surface area contributed by atoms with Crippen LogP contribution in [0.3, 0.4) is 0 Å². The van der Waals surface area contributed by atoms with E-state index in [-0.39, 0.29) is 5.91 Å². The minimum Gasteiger partial charge on any atom is -0.330 e. The molecule has 20 heavy (non-hydrogen) atoms. The second-order valence-electron chi connectivity index (χ2n) is 6.15. The van der Waals surface area contributed by atoms with Gasteiger partial charge in [-0.1, -0.05) is 11.6 Å². The number of carbonyl (C=O) groups is 1. The second kappa shape index (κ2) is 5.38. The van der Waals surface area contributed by atoms with Crippen molar-refractivity contribution in [2.45, 2.75) is 44.8 Å². The van der Waals surface area contributed by atoms with Gasteiger partial charge in [-0.15, -0.1) is 0 Å². The van der Waals surface area contributed by atoms with Gasteiger partial charge in [0.25, 0.3) is 5.91 Å². The fourth-order valence-electron chi connectivity index (χ4n) is 3.43. The molecule has 2 atom stereocenters. The molecule has 2 aliphatic heterocycles. The standard InChI is InChI=1S/C16H21ClN2O/c1-11(2)18-9-14-7-8-15(10-18)19(14)16(20)12-3-5-13(17)6-4-12/h3-6,11,14-15H,7-10H2,1-2H3. The highest BCUT2D eigenvalue weighted by molar-refractivity contribution is 6.30. The Balaban J connectivity index is 1.78. The first-order valence-electron chi connectivity index (χ1n) is 7.38. The summed E-state index contributed by atoms with van der Waals surface area (Å²) in [5.74, 6) is 0.164. The lowest BCUT2D eigenvalue weighted by molar-refractivity contribution is 0.0349. The molecule has 0 aliphatic carbocycles. The minimum absolute atomic E-state index is 0.164. The largest absolute Gasteiger partial charge is 0.330 e. The number of amides is 1. The van der Waals surface area contributed by atoms with E-state index < -0.39 is 0 Å². The summed E-state index contributed by atoms with van der Waals surface area (Å²) >= 11 is 5.89. The highest BCUT2D eigenvalue weighted by Gasteiger charge is 2.43. The van der Waals surface area contributed by atoms with Crippen LogP contribution in [0, 0.1) is 0 Å². The molecule has 0 N–H and O–H groups in total. The van der Waals surface area contributed by atoms with Gasteiger partial charge in [-0.25, -0.2) is 0 Å². The maximum Gasteiger partial charge on any atom is 0.254 e. The highest BCUT2D eigenvalue weighted by atomic mass is 35.5. The number of fused-ring (bicyclic) bond motifs is 2. The van der Waals surface area contributed by atoms with E-state index in [9.17, 15) is 4.79 Å². The lowest BCUT2D eigenvalue weighted by Gasteiger charge is -2.42. The van der Waals surface area contributed by atoms with Gasteiger partial charge in [-0.3, -0.25) is 9.69 Å². The normalized spacial score (nSPS) is 26.3. The van der Waals surface area contributed by atoms with Gasteiger partial charge in [0, 0.05) is 41.8 Å². The first-order valence-corrected chi connectivity index (χ1v) is 7.76. The summed E-state index contributed by atoms with van der Waals surface area (Å²) in [6, 6.07) is 8.56. The van der Waals surface area contributed by atoms with Crippen LogP contribution in [0.25, 0.3) is 0 Å². The molecule has 2 bridgehead atoms. The third kappa shape index (κ3) is 2.45. The van der Waals surface area contributed by atoms with Gasteiger partial charge < -0.3 is 4.90 Å². The Bertz CT molecular complexity index is 486. The molecule has 3 nitrogen and oxygen atoms in total. The molecule has 1 amide bonds. The Kier molecular flexibility index (Phi) is 3.74. The predicted molar refractivity (Wildman–Crippen MR) is 81.1 cm³/mol. The number of likely N-dealkylation sites (tertiary alicyclic amines) is 1. The lowest BCUT2D eigenvalue weighted by Crippen LogP contribution is -2.57. The van der Waals surface area contributed by atoms with Gasteiger partial charge in [-0.05, 0) is 51.0 Å². The zero-order valence-corrected chi connectivity index (χ0v) is 12.8. The van der Waals surface area contributed by atoms with Crippen LogP contribution in [0.2, 0.25) is 5.02 Å². The lowest BCUT2D eigenvalue weighted by atomic mass is 10.1. The number of nitrogens with zero attached hydrogens (tertiary/aromatic N) is 2. The number of rotatable bonds is 2. The Morgan fingerprint density at radius 1 is 1.15 bits per heavy atom. The van der Waals surface area contributed by atoms with Crippen molar-refractivity contribution in [3.8, 4) is 0 Å². The van der Waals surface area contributed by atoms with Gasteiger partial charge in [0.1, 0.15) is 0 Å². The van der Waals surface area contributed by atoms with Crippen LogP contribution in [0.4, 0.5) is 0 Å². The van der Waals surface area contributed by atoms with E-state index in [0.717, 1.165) is 31.5 Å². The third-order valence-corrected chi connectivity index (χ3v) is 4.82. The molecule has 108 valence electrons. The zero-order chi connectivity index (χ0) is 14.3. The third-order valence-electron chi connectivity index (χ3n) is 4.57. The first kappa shape index (κ1) is 13.9. The first-order chi connectivity index (χ1) is 9.56. The Morgan fingerprint density at radius 2 is 1.70 bits per heavy atom. The molecule has 3 rings (SSSR count). The number of hydrogen-bond acceptors (Lipinski definition) is 2. The van der Waals surface area contributed by atoms with Crippen molar-refractivity contribution in [1.82, 2.24) is 9.80 Å². The van der Waals surface area contributed by atoms with E-state index in [0.29, 0.717) is 23.1 Å². The molecule has 2 heterocycles. The van der Waals surface area contributed by atoms with Gasteiger partial charge in [0.05, 0.1) is 0 Å². The Labute approximate surface area is 125 Å². The molecule has 0 saturated carbocycles. The highest BCUT2D eigenvalue weighted by Crippen LogP contribution is 2.32. The second-order valence-corrected chi connectivity index (χ2v) is 6.59. The molecule has 1 aromatic carbocycles. The number of halogens is 1. The topological polar surface area (TPSA) is 23.6 Å². The van der Waals surface area contributed by atoms with Gasteiger partial charge >= 0.3 is 0 Å². The van der Waals surface area contributed by atoms with Crippen LogP contribution < -0.4 is 0 Å². The van der Waals surface area contributed by atoms with Crippen molar-refractivity contribution in [3.63, 3.8) is 0 Å². The summed E-state index contributed by atoms with van der Waals surface area (Å²) in [5.41, 5.74) is 0.754. The van der Waals surface area contributed by atoms with E-state index in [1.807, 2.05) is 12.1 Å². The fourth-order valence-corrected chi connectivity index (χ4v) is 3.56. The summed E-state index contributed by atoms with van der Waals surface area (Å²) in [7, 11) is 0. The van der Waals surface area contributed by atoms with Crippen molar-refractivity contribution in [3.05, 3.63) is 34.9 Å². The maximum atomic E-state index is 12.7. The molecule has 2 saturated heterocycles. The molecule has 0 aromatic heterocycles. The number of benzene rings is 1. The molecule has 0 spiro atoms. The van der Waals surface area contributed by atoms with Crippen molar-refractivity contribution >= 4 is 17.5 Å². The molecule has 2 fully saturated rings. The van der Waals surface area contributed by atoms with E-state index in [1.54, 1.807) is 12.1 Å². The number of piperazine rings is 1. The summed E-state index contributed by atoms with van der Waals surface area (Å²) < 4.78 is 0. The van der Waals surface area contributed by atoms with Gasteiger partial charge in [0.15, 0.2) is 0 Å². The summed E-state index contributed by atoms with van der Waals surface area (Å²) in [5, 5.41) is 0.675. The monoisotopic (exact) mass is 292 g/mol. The average Bonchev–Trinajstić information content (AvgIpc) is 2.68. The van der Waals surface area contributed by atoms with Crippen molar-refractivity contribution < 1.29 is 4.79 Å². The van der Waals surface area contributed by atoms with Crippen LogP contribution in [0.5, 0.6) is 0 Å². The summed E-state index contributed by atoms with van der Waals surface area (Å²) in [4.78, 5) is 17.3. The fraction of sp³-hybridized carbons (Fsp3) is 0.562. The molecule has 1 aromatic rings. The Morgan fingerprint density at radius 3 is 2.20 bits per heavy atom. The summed E-state index contributed by atoms with van der Waals surface area (Å²) in [6.07, 6.45) is 2.26. The van der Waals surface area contributed by atoms with Crippen LogP contribution in [0.15, 0.2) is 24.3 Å². The van der Waals surface area contributed by atoms with Gasteiger partial charge in [-0.2, -0.15) is 0 Å². The molecule has 4 heteroatoms. The smallest absolute Gasteiger partial charge is 0.254 e. The maximum absolute atomic E-state index is 12.7. The molecule has 2 unspecified atom stereocenters. The van der Waals surface area contributed by atoms with E-state index in [1.165, 1.54) is 0 Å². The molecular weight excluding hydrogens is 272 g/mol. The quantitative estimate of drug-likeness (QED) is 0.836. The van der Waals surface area contributed by atoms with Crippen LogP contribution in [0.1, 0.15) is 37.0 Å². The molecular formula is C16H21ClN2O. The minimum atomic E-state index is 0.164. The van der Waals surface area contributed by atoms with Crippen molar-refractivity contribution in [1.29, 1.82) is 0 Å². The summed E-state index contributed by atoms with van der Waals surface area (Å²) in [6.45, 7) is 6.48. The number of carbonyl (C=O) groups excluding carboxylic acids is 1.